The number of halogens is 2. The van der Waals surface area contributed by atoms with Crippen LogP contribution in [0.4, 0.5) is 0 Å². The van der Waals surface area contributed by atoms with Gasteiger partial charge in [0, 0.05) is 32.1 Å². The summed E-state index contributed by atoms with van der Waals surface area (Å²) in [6.45, 7) is 0.0571. The quantitative estimate of drug-likeness (QED) is 0.708. The van der Waals surface area contributed by atoms with Gasteiger partial charge in [-0.1, -0.05) is 11.6 Å². The molecule has 0 saturated heterocycles. The van der Waals surface area contributed by atoms with Gasteiger partial charge in [-0.05, 0) is 22.0 Å². The summed E-state index contributed by atoms with van der Waals surface area (Å²) in [5.41, 5.74) is 0. The van der Waals surface area contributed by atoms with Crippen molar-refractivity contribution in [2.45, 2.75) is 17.7 Å². The maximum absolute atomic E-state index is 12.4. The molecule has 0 aliphatic rings. The largest absolute Gasteiger partial charge is 0.244 e. The molecule has 0 atom stereocenters. The number of rotatable bonds is 6. The van der Waals surface area contributed by atoms with Gasteiger partial charge in [0.1, 0.15) is 10.0 Å². The Kier molecular flexibility index (Phi) is 6.37. The van der Waals surface area contributed by atoms with Crippen molar-refractivity contribution >= 4 is 37.6 Å². The van der Waals surface area contributed by atoms with Gasteiger partial charge in [-0.3, -0.25) is 0 Å². The fourth-order valence-electron chi connectivity index (χ4n) is 1.40. The van der Waals surface area contributed by atoms with E-state index in [-0.39, 0.29) is 36.0 Å². The molecule has 1 aromatic heterocycles. The maximum Gasteiger partial charge on any atom is 0.244 e. The molecular formula is C11H10BrClN4O2S. The molecule has 0 aliphatic carbocycles. The van der Waals surface area contributed by atoms with Crippen LogP contribution in [-0.4, -0.2) is 30.8 Å². The molecule has 1 rings (SSSR count). The van der Waals surface area contributed by atoms with Crippen LogP contribution >= 0.6 is 27.5 Å². The highest BCUT2D eigenvalue weighted by atomic mass is 79.9. The van der Waals surface area contributed by atoms with Crippen LogP contribution in [0.1, 0.15) is 12.8 Å². The van der Waals surface area contributed by atoms with E-state index in [2.05, 4.69) is 20.9 Å². The molecule has 106 valence electrons. The van der Waals surface area contributed by atoms with Gasteiger partial charge in [-0.25, -0.2) is 13.4 Å². The molecule has 0 saturated carbocycles. The molecule has 0 N–H and O–H groups in total. The van der Waals surface area contributed by atoms with Gasteiger partial charge in [0.2, 0.25) is 10.0 Å². The normalized spacial score (nSPS) is 11.1. The SMILES string of the molecule is N#CCCN(CCC#N)S(=O)(=O)c1cnc(Cl)c(Br)c1. The average Bonchev–Trinajstić information content (AvgIpc) is 2.41. The van der Waals surface area contributed by atoms with E-state index in [1.54, 1.807) is 0 Å². The molecule has 0 radical (unpaired) electrons. The summed E-state index contributed by atoms with van der Waals surface area (Å²) < 4.78 is 26.3. The topological polar surface area (TPSA) is 97.9 Å². The van der Waals surface area contributed by atoms with Crippen molar-refractivity contribution in [3.8, 4) is 12.1 Å². The molecule has 0 aromatic carbocycles. The molecule has 20 heavy (non-hydrogen) atoms. The molecule has 1 heterocycles. The lowest BCUT2D eigenvalue weighted by Gasteiger charge is -2.19. The Hall–Kier alpha value is -1.19. The third kappa shape index (κ3) is 4.15. The molecule has 0 unspecified atom stereocenters. The van der Waals surface area contributed by atoms with Crippen molar-refractivity contribution in [1.82, 2.24) is 9.29 Å². The molecule has 0 fully saturated rings. The van der Waals surface area contributed by atoms with Crippen molar-refractivity contribution < 1.29 is 8.42 Å². The van der Waals surface area contributed by atoms with E-state index in [0.29, 0.717) is 4.47 Å². The first kappa shape index (κ1) is 16.9. The Labute approximate surface area is 130 Å². The van der Waals surface area contributed by atoms with E-state index in [4.69, 9.17) is 22.1 Å². The van der Waals surface area contributed by atoms with Gasteiger partial charge >= 0.3 is 0 Å². The van der Waals surface area contributed by atoms with Gasteiger partial charge in [0.25, 0.3) is 0 Å². The molecule has 0 aliphatic heterocycles. The molecular weight excluding hydrogens is 368 g/mol. The Morgan fingerprint density at radius 2 is 1.85 bits per heavy atom. The zero-order valence-corrected chi connectivity index (χ0v) is 13.4. The predicted octanol–water partition coefficient (Wildman–Crippen LogP) is 2.32. The summed E-state index contributed by atoms with van der Waals surface area (Å²) in [6, 6.07) is 5.11. The van der Waals surface area contributed by atoms with E-state index in [9.17, 15) is 8.42 Å². The van der Waals surface area contributed by atoms with Crippen molar-refractivity contribution in [2.75, 3.05) is 13.1 Å². The van der Waals surface area contributed by atoms with Crippen LogP contribution < -0.4 is 0 Å². The van der Waals surface area contributed by atoms with Crippen LogP contribution in [0, 0.1) is 22.7 Å². The fraction of sp³-hybridized carbons (Fsp3) is 0.364. The second-order valence-electron chi connectivity index (χ2n) is 3.66. The van der Waals surface area contributed by atoms with Crippen molar-refractivity contribution in [1.29, 1.82) is 10.5 Å². The summed E-state index contributed by atoms with van der Waals surface area (Å²) in [7, 11) is -3.80. The zero-order valence-electron chi connectivity index (χ0n) is 10.3. The van der Waals surface area contributed by atoms with Crippen LogP contribution in [0.5, 0.6) is 0 Å². The number of nitrogens with zero attached hydrogens (tertiary/aromatic N) is 4. The summed E-state index contributed by atoms with van der Waals surface area (Å²) in [4.78, 5) is 3.73. The monoisotopic (exact) mass is 376 g/mol. The molecule has 6 nitrogen and oxygen atoms in total. The van der Waals surface area contributed by atoms with E-state index >= 15 is 0 Å². The highest BCUT2D eigenvalue weighted by molar-refractivity contribution is 9.10. The summed E-state index contributed by atoms with van der Waals surface area (Å²) >= 11 is 8.84. The standard InChI is InChI=1S/C11H10BrClN4O2S/c12-10-7-9(8-16-11(10)13)20(18,19)17(5-1-3-14)6-2-4-15/h7-8H,1-2,5-6H2. The average molecular weight is 378 g/mol. The van der Waals surface area contributed by atoms with Crippen LogP contribution in [-0.2, 0) is 10.0 Å². The Balaban J connectivity index is 3.11. The van der Waals surface area contributed by atoms with Gasteiger partial charge in [0.15, 0.2) is 0 Å². The lowest BCUT2D eigenvalue weighted by Crippen LogP contribution is -2.33. The molecule has 0 bridgehead atoms. The van der Waals surface area contributed by atoms with Crippen molar-refractivity contribution in [2.24, 2.45) is 0 Å². The summed E-state index contributed by atoms with van der Waals surface area (Å²) in [6.07, 6.45) is 1.24. The maximum atomic E-state index is 12.4. The lowest BCUT2D eigenvalue weighted by molar-refractivity contribution is 0.424. The van der Waals surface area contributed by atoms with Gasteiger partial charge in [0.05, 0.1) is 16.6 Å². The Bertz CT molecular complexity index is 648. The van der Waals surface area contributed by atoms with Crippen LogP contribution in [0.3, 0.4) is 0 Å². The summed E-state index contributed by atoms with van der Waals surface area (Å²) in [5.74, 6) is 0. The van der Waals surface area contributed by atoms with Crippen molar-refractivity contribution in [3.63, 3.8) is 0 Å². The van der Waals surface area contributed by atoms with Gasteiger partial charge < -0.3 is 0 Å². The van der Waals surface area contributed by atoms with Gasteiger partial charge in [-0.2, -0.15) is 14.8 Å². The first-order valence-corrected chi connectivity index (χ1v) is 8.09. The van der Waals surface area contributed by atoms with E-state index < -0.39 is 10.0 Å². The van der Waals surface area contributed by atoms with Gasteiger partial charge in [-0.15, -0.1) is 0 Å². The number of nitriles is 2. The highest BCUT2D eigenvalue weighted by Gasteiger charge is 2.24. The van der Waals surface area contributed by atoms with Crippen LogP contribution in [0.25, 0.3) is 0 Å². The first-order chi connectivity index (χ1) is 9.43. The fourth-order valence-corrected chi connectivity index (χ4v) is 3.41. The molecule has 0 spiro atoms. The number of hydrogen-bond acceptors (Lipinski definition) is 5. The zero-order chi connectivity index (χ0) is 15.2. The number of sulfonamides is 1. The molecule has 0 amide bonds. The minimum atomic E-state index is -3.80. The second-order valence-corrected chi connectivity index (χ2v) is 6.81. The van der Waals surface area contributed by atoms with E-state index in [1.807, 2.05) is 12.1 Å². The smallest absolute Gasteiger partial charge is 0.242 e. The predicted molar refractivity (Wildman–Crippen MR) is 76.2 cm³/mol. The van der Waals surface area contributed by atoms with E-state index in [1.165, 1.54) is 6.07 Å². The molecule has 1 aromatic rings. The Morgan fingerprint density at radius 1 is 1.30 bits per heavy atom. The third-order valence-corrected chi connectivity index (χ3v) is 5.35. The number of hydrogen-bond donors (Lipinski definition) is 0. The lowest BCUT2D eigenvalue weighted by atomic mass is 10.4. The minimum absolute atomic E-state index is 0.0285. The third-order valence-electron chi connectivity index (χ3n) is 2.35. The van der Waals surface area contributed by atoms with Crippen LogP contribution in [0.15, 0.2) is 21.6 Å². The summed E-state index contributed by atoms with van der Waals surface area (Å²) in [5, 5.41) is 17.3. The second kappa shape index (κ2) is 7.55. The van der Waals surface area contributed by atoms with Crippen LogP contribution in [0.2, 0.25) is 5.15 Å². The Morgan fingerprint density at radius 3 is 2.30 bits per heavy atom. The number of aromatic nitrogens is 1. The van der Waals surface area contributed by atoms with E-state index in [0.717, 1.165) is 10.5 Å². The minimum Gasteiger partial charge on any atom is -0.242 e. The van der Waals surface area contributed by atoms with Crippen molar-refractivity contribution in [3.05, 3.63) is 21.9 Å². The highest BCUT2D eigenvalue weighted by Crippen LogP contribution is 2.24. The number of pyridine rings is 1. The molecule has 9 heteroatoms. The first-order valence-electron chi connectivity index (χ1n) is 5.48.